The molecule has 1 atom stereocenters. The average molecular weight is 203 g/mol. The number of benzene rings is 1. The molecule has 0 amide bonds. The van der Waals surface area contributed by atoms with Crippen molar-refractivity contribution in [2.24, 2.45) is 5.92 Å². The molecule has 82 valence electrons. The summed E-state index contributed by atoms with van der Waals surface area (Å²) in [5.41, 5.74) is 4.72. The molecular weight excluding hydrogens is 182 g/mol. The molecule has 1 heteroatoms. The van der Waals surface area contributed by atoms with Crippen molar-refractivity contribution in [3.63, 3.8) is 0 Å². The van der Waals surface area contributed by atoms with Gasteiger partial charge in [0.1, 0.15) is 0 Å². The Morgan fingerprint density at radius 2 is 2.27 bits per heavy atom. The molecular formula is C14H21N. The molecule has 0 radical (unpaired) electrons. The van der Waals surface area contributed by atoms with Crippen LogP contribution in [-0.4, -0.2) is 6.54 Å². The van der Waals surface area contributed by atoms with Gasteiger partial charge < -0.3 is 5.32 Å². The summed E-state index contributed by atoms with van der Waals surface area (Å²) >= 11 is 0. The van der Waals surface area contributed by atoms with E-state index < -0.39 is 0 Å². The molecule has 1 aliphatic rings. The Morgan fingerprint density at radius 1 is 1.40 bits per heavy atom. The maximum absolute atomic E-state index is 3.44. The molecule has 0 saturated heterocycles. The lowest BCUT2D eigenvalue weighted by molar-refractivity contribution is 0.551. The molecule has 0 aromatic heterocycles. The van der Waals surface area contributed by atoms with Crippen molar-refractivity contribution >= 4 is 0 Å². The van der Waals surface area contributed by atoms with E-state index in [0.717, 1.165) is 19.0 Å². The van der Waals surface area contributed by atoms with E-state index in [0.29, 0.717) is 0 Å². The second-order valence-electron chi connectivity index (χ2n) is 4.70. The van der Waals surface area contributed by atoms with Gasteiger partial charge in [0.25, 0.3) is 0 Å². The van der Waals surface area contributed by atoms with E-state index in [9.17, 15) is 0 Å². The fourth-order valence-corrected chi connectivity index (χ4v) is 2.32. The Hall–Kier alpha value is -0.820. The van der Waals surface area contributed by atoms with Gasteiger partial charge in [0, 0.05) is 6.54 Å². The molecule has 1 aromatic rings. The first-order valence-electron chi connectivity index (χ1n) is 6.11. The topological polar surface area (TPSA) is 12.0 Å². The molecule has 1 heterocycles. The third-order valence-electron chi connectivity index (χ3n) is 3.50. The van der Waals surface area contributed by atoms with Gasteiger partial charge in [0.15, 0.2) is 0 Å². The first-order valence-corrected chi connectivity index (χ1v) is 6.11. The summed E-state index contributed by atoms with van der Waals surface area (Å²) in [7, 11) is 0. The van der Waals surface area contributed by atoms with Crippen LogP contribution < -0.4 is 5.32 Å². The highest BCUT2D eigenvalue weighted by atomic mass is 14.9. The minimum Gasteiger partial charge on any atom is -0.312 e. The zero-order chi connectivity index (χ0) is 10.7. The van der Waals surface area contributed by atoms with Crippen LogP contribution in [0.4, 0.5) is 0 Å². The second-order valence-corrected chi connectivity index (χ2v) is 4.70. The highest BCUT2D eigenvalue weighted by molar-refractivity contribution is 5.37. The van der Waals surface area contributed by atoms with E-state index in [1.807, 2.05) is 0 Å². The fraction of sp³-hybridized carbons (Fsp3) is 0.571. The van der Waals surface area contributed by atoms with Gasteiger partial charge in [0.2, 0.25) is 0 Å². The predicted molar refractivity (Wildman–Crippen MR) is 65.0 cm³/mol. The van der Waals surface area contributed by atoms with Crippen LogP contribution in [0.2, 0.25) is 0 Å². The summed E-state index contributed by atoms with van der Waals surface area (Å²) < 4.78 is 0. The summed E-state index contributed by atoms with van der Waals surface area (Å²) in [5.74, 6) is 0.811. The molecule has 0 fully saturated rings. The Balaban J connectivity index is 2.23. The summed E-state index contributed by atoms with van der Waals surface area (Å²) in [4.78, 5) is 0. The van der Waals surface area contributed by atoms with Crippen LogP contribution in [0.5, 0.6) is 0 Å². The minimum atomic E-state index is 0.811. The smallest absolute Gasteiger partial charge is 0.0208 e. The van der Waals surface area contributed by atoms with Gasteiger partial charge in [-0.3, -0.25) is 0 Å². The van der Waals surface area contributed by atoms with Crippen LogP contribution in [0, 0.1) is 5.92 Å². The highest BCUT2D eigenvalue weighted by Gasteiger charge is 2.13. The summed E-state index contributed by atoms with van der Waals surface area (Å²) in [5, 5.41) is 3.44. The largest absolute Gasteiger partial charge is 0.312 e. The molecule has 1 aromatic carbocycles. The average Bonchev–Trinajstić information content (AvgIpc) is 2.29. The van der Waals surface area contributed by atoms with Gasteiger partial charge in [-0.25, -0.2) is 0 Å². The Kier molecular flexibility index (Phi) is 3.42. The predicted octanol–water partition coefficient (Wildman–Crippen LogP) is 2.92. The summed E-state index contributed by atoms with van der Waals surface area (Å²) in [6.07, 6.45) is 3.74. The van der Waals surface area contributed by atoms with Crippen LogP contribution in [0.25, 0.3) is 0 Å². The zero-order valence-electron chi connectivity index (χ0n) is 9.84. The molecule has 15 heavy (non-hydrogen) atoms. The van der Waals surface area contributed by atoms with Crippen molar-refractivity contribution in [1.29, 1.82) is 0 Å². The monoisotopic (exact) mass is 203 g/mol. The van der Waals surface area contributed by atoms with E-state index >= 15 is 0 Å². The Labute approximate surface area is 92.9 Å². The van der Waals surface area contributed by atoms with Crippen molar-refractivity contribution in [3.05, 3.63) is 34.9 Å². The molecule has 1 unspecified atom stereocenters. The van der Waals surface area contributed by atoms with Crippen LogP contribution >= 0.6 is 0 Å². The first kappa shape index (κ1) is 10.7. The fourth-order valence-electron chi connectivity index (χ4n) is 2.32. The third-order valence-corrected chi connectivity index (χ3v) is 3.50. The van der Waals surface area contributed by atoms with Gasteiger partial charge in [-0.15, -0.1) is 0 Å². The minimum absolute atomic E-state index is 0.811. The van der Waals surface area contributed by atoms with E-state index in [4.69, 9.17) is 0 Å². The normalized spacial score (nSPS) is 17.2. The van der Waals surface area contributed by atoms with Crippen molar-refractivity contribution in [2.45, 2.75) is 39.7 Å². The van der Waals surface area contributed by atoms with Crippen LogP contribution in [0.3, 0.4) is 0 Å². The lowest BCUT2D eigenvalue weighted by Gasteiger charge is -2.21. The Morgan fingerprint density at radius 3 is 3.07 bits per heavy atom. The number of hydrogen-bond acceptors (Lipinski definition) is 1. The van der Waals surface area contributed by atoms with Crippen LogP contribution in [-0.2, 0) is 19.4 Å². The second kappa shape index (κ2) is 4.80. The lowest BCUT2D eigenvalue weighted by atomic mass is 9.89. The molecule has 1 aliphatic heterocycles. The number of hydrogen-bond donors (Lipinski definition) is 1. The van der Waals surface area contributed by atoms with Crippen molar-refractivity contribution < 1.29 is 0 Å². The standard InChI is InChI=1S/C14H21N/c1-3-11(2)9-12-5-4-6-13-10-15-8-7-14(12)13/h4-6,11,15H,3,7-10H2,1-2H3. The molecule has 0 aliphatic carbocycles. The maximum Gasteiger partial charge on any atom is 0.0208 e. The molecule has 1 N–H and O–H groups in total. The lowest BCUT2D eigenvalue weighted by Crippen LogP contribution is -2.24. The maximum atomic E-state index is 3.44. The molecule has 0 bridgehead atoms. The van der Waals surface area contributed by atoms with Crippen molar-refractivity contribution in [2.75, 3.05) is 6.54 Å². The van der Waals surface area contributed by atoms with Crippen molar-refractivity contribution in [3.8, 4) is 0 Å². The first-order chi connectivity index (χ1) is 7.31. The summed E-state index contributed by atoms with van der Waals surface area (Å²) in [6, 6.07) is 6.79. The van der Waals surface area contributed by atoms with Crippen LogP contribution in [0.1, 0.15) is 37.0 Å². The quantitative estimate of drug-likeness (QED) is 0.796. The SMILES string of the molecule is CCC(C)Cc1cccc2c1CCNC2. The number of fused-ring (bicyclic) bond motifs is 1. The van der Waals surface area contributed by atoms with E-state index in [1.165, 1.54) is 24.8 Å². The molecule has 2 rings (SSSR count). The molecule has 1 nitrogen and oxygen atoms in total. The Bertz CT molecular complexity index is 330. The van der Waals surface area contributed by atoms with E-state index in [2.05, 4.69) is 37.4 Å². The third kappa shape index (κ3) is 2.40. The number of nitrogens with one attached hydrogen (secondary N) is 1. The van der Waals surface area contributed by atoms with Gasteiger partial charge in [-0.1, -0.05) is 38.5 Å². The van der Waals surface area contributed by atoms with Gasteiger partial charge in [-0.05, 0) is 42.0 Å². The van der Waals surface area contributed by atoms with Crippen molar-refractivity contribution in [1.82, 2.24) is 5.32 Å². The summed E-state index contributed by atoms with van der Waals surface area (Å²) in [6.45, 7) is 6.83. The van der Waals surface area contributed by atoms with Gasteiger partial charge >= 0.3 is 0 Å². The van der Waals surface area contributed by atoms with Gasteiger partial charge in [-0.2, -0.15) is 0 Å². The van der Waals surface area contributed by atoms with E-state index in [-0.39, 0.29) is 0 Å². The van der Waals surface area contributed by atoms with E-state index in [1.54, 1.807) is 11.1 Å². The number of rotatable bonds is 3. The molecule has 0 spiro atoms. The zero-order valence-corrected chi connectivity index (χ0v) is 9.84. The van der Waals surface area contributed by atoms with Crippen LogP contribution in [0.15, 0.2) is 18.2 Å². The van der Waals surface area contributed by atoms with Gasteiger partial charge in [0.05, 0.1) is 0 Å². The highest BCUT2D eigenvalue weighted by Crippen LogP contribution is 2.22. The molecule has 0 saturated carbocycles.